The lowest BCUT2D eigenvalue weighted by Crippen LogP contribution is -1.76. The zero-order valence-corrected chi connectivity index (χ0v) is 8.19. The summed E-state index contributed by atoms with van der Waals surface area (Å²) in [4.78, 5) is 4.24. The summed E-state index contributed by atoms with van der Waals surface area (Å²) in [5, 5.41) is 1.72. The van der Waals surface area contributed by atoms with Gasteiger partial charge in [0, 0.05) is 5.30 Å². The first-order chi connectivity index (χ1) is 4.61. The van der Waals surface area contributed by atoms with Crippen LogP contribution in [0.4, 0.5) is 0 Å². The molecule has 0 aliphatic heterocycles. The second-order valence-electron chi connectivity index (χ2n) is 1.68. The maximum absolute atomic E-state index is 5.72. The van der Waals surface area contributed by atoms with E-state index in [2.05, 4.69) is 4.98 Å². The van der Waals surface area contributed by atoms with Gasteiger partial charge in [-0.25, -0.2) is 4.98 Å². The molecule has 0 amide bonds. The van der Waals surface area contributed by atoms with Gasteiger partial charge < -0.3 is 0 Å². The van der Waals surface area contributed by atoms with Gasteiger partial charge in [-0.05, 0) is 15.1 Å². The molecule has 0 aliphatic rings. The van der Waals surface area contributed by atoms with E-state index in [4.69, 9.17) is 34.8 Å². The summed E-state index contributed by atoms with van der Waals surface area (Å²) in [5.74, 6) is 0. The number of rotatable bonds is 0. The van der Waals surface area contributed by atoms with Crippen molar-refractivity contribution in [2.24, 2.45) is 0 Å². The topological polar surface area (TPSA) is 12.9 Å². The molecule has 0 saturated heterocycles. The molecule has 0 bridgehead atoms. The highest BCUT2D eigenvalue weighted by Gasteiger charge is 2.03. The molecule has 5 heteroatoms. The molecule has 0 aliphatic carbocycles. The van der Waals surface area contributed by atoms with E-state index < -0.39 is 0 Å². The van der Waals surface area contributed by atoms with Crippen LogP contribution in [0.2, 0.25) is 15.1 Å². The van der Waals surface area contributed by atoms with E-state index in [9.17, 15) is 0 Å². The first-order valence-corrected chi connectivity index (χ1v) is 4.49. The van der Waals surface area contributed by atoms with Crippen molar-refractivity contribution in [3.8, 4) is 0 Å². The lowest BCUT2D eigenvalue weighted by Gasteiger charge is -1.97. The number of hydrogen-bond acceptors (Lipinski definition) is 1. The predicted octanol–water partition coefficient (Wildman–Crippen LogP) is 3.93. The number of hydrogen-bond donors (Lipinski definition) is 0. The van der Waals surface area contributed by atoms with Gasteiger partial charge in [0.2, 0.25) is 0 Å². The zero-order valence-electron chi connectivity index (χ0n) is 5.03. The third-order valence-electron chi connectivity index (χ3n) is 0.949. The Balaban J connectivity index is 3.31. The van der Waals surface area contributed by atoms with Crippen molar-refractivity contribution in [2.45, 2.75) is 6.92 Å². The summed E-state index contributed by atoms with van der Waals surface area (Å²) >= 11 is 16.9. The number of nitrogens with zero attached hydrogens (tertiary/aromatic N) is 1. The quantitative estimate of drug-likeness (QED) is 0.637. The normalized spacial score (nSPS) is 10.8. The fraction of sp³-hybridized carbons (Fsp3) is 0.200. The Hall–Kier alpha value is 0.450. The van der Waals surface area contributed by atoms with E-state index in [1.54, 1.807) is 0 Å². The first-order valence-electron chi connectivity index (χ1n) is 2.46. The molecule has 0 radical (unpaired) electrons. The molecule has 1 aromatic heterocycles. The van der Waals surface area contributed by atoms with Gasteiger partial charge in [0.1, 0.15) is 5.15 Å². The van der Waals surface area contributed by atoms with E-state index in [0.29, 0.717) is 9.91 Å². The number of aryl methyl sites for hydroxylation is 1. The van der Waals surface area contributed by atoms with Gasteiger partial charge in [0.25, 0.3) is 0 Å². The van der Waals surface area contributed by atoms with Crippen LogP contribution < -0.4 is 0 Å². The minimum absolute atomic E-state index is 0.280. The summed E-state index contributed by atoms with van der Waals surface area (Å²) in [6, 6.07) is 0. The van der Waals surface area contributed by atoms with Crippen LogP contribution in [0, 0.1) is 6.92 Å². The van der Waals surface area contributed by atoms with Gasteiger partial charge in [0.15, 0.2) is 4.88 Å². The summed E-state index contributed by atoms with van der Waals surface area (Å²) in [6.45, 7) is 1.86. The van der Waals surface area contributed by atoms with E-state index in [1.807, 2.05) is 6.92 Å². The van der Waals surface area contributed by atoms with Crippen LogP contribution in [-0.2, 0) is 0 Å². The minimum Gasteiger partial charge on any atom is -0.218 e. The Morgan fingerprint density at radius 1 is 1.30 bits per heavy atom. The summed E-state index contributed by atoms with van der Waals surface area (Å²) in [5.41, 5.74) is 0. The van der Waals surface area contributed by atoms with Crippen molar-refractivity contribution in [1.29, 1.82) is 0 Å². The smallest absolute Gasteiger partial charge is 0.157 e. The first kappa shape index (κ1) is 8.55. The standard InChI is InChI=1S/C5H3Cl3NP/c1-2-3(6)4(7)9-5(8)10-2/h1H3. The fourth-order valence-corrected chi connectivity index (χ4v) is 2.15. The monoisotopic (exact) mass is 213 g/mol. The average Bonchev–Trinajstić information content (AvgIpc) is 1.82. The molecule has 0 spiro atoms. The second kappa shape index (κ2) is 3.23. The second-order valence-corrected chi connectivity index (χ2v) is 4.36. The molecular formula is C5H3Cl3NP. The van der Waals surface area contributed by atoms with Crippen molar-refractivity contribution in [2.75, 3.05) is 0 Å². The van der Waals surface area contributed by atoms with Crippen molar-refractivity contribution in [3.05, 3.63) is 20.4 Å². The van der Waals surface area contributed by atoms with Crippen LogP contribution in [-0.4, -0.2) is 4.98 Å². The summed E-state index contributed by atoms with van der Waals surface area (Å²) < 4.78 is 0. The maximum Gasteiger partial charge on any atom is 0.157 e. The van der Waals surface area contributed by atoms with Gasteiger partial charge in [-0.1, -0.05) is 34.8 Å². The zero-order chi connectivity index (χ0) is 7.72. The highest BCUT2D eigenvalue weighted by atomic mass is 35.5. The minimum atomic E-state index is 0.280. The lowest BCUT2D eigenvalue weighted by atomic mass is 10.5. The Kier molecular flexibility index (Phi) is 2.76. The lowest BCUT2D eigenvalue weighted by molar-refractivity contribution is 1.37. The van der Waals surface area contributed by atoms with E-state index in [0.717, 1.165) is 13.5 Å². The molecule has 0 N–H and O–H groups in total. The SMILES string of the molecule is Cc1pc(Cl)nc(Cl)c1Cl. The summed E-state index contributed by atoms with van der Waals surface area (Å²) in [6.07, 6.45) is 0. The Bertz CT molecular complexity index is 240. The highest BCUT2D eigenvalue weighted by Crippen LogP contribution is 2.33. The van der Waals surface area contributed by atoms with Crippen LogP contribution in [0.1, 0.15) is 5.30 Å². The van der Waals surface area contributed by atoms with E-state index in [1.165, 1.54) is 0 Å². The third kappa shape index (κ3) is 1.73. The predicted molar refractivity (Wildman–Crippen MR) is 46.5 cm³/mol. The van der Waals surface area contributed by atoms with Crippen molar-refractivity contribution in [3.63, 3.8) is 0 Å². The molecule has 0 unspecified atom stereocenters. The Labute approximate surface area is 75.4 Å². The molecule has 54 valence electrons. The van der Waals surface area contributed by atoms with Crippen LogP contribution >= 0.6 is 43.0 Å². The van der Waals surface area contributed by atoms with Crippen LogP contribution in [0.5, 0.6) is 0 Å². The van der Waals surface area contributed by atoms with Crippen molar-refractivity contribution >= 4 is 43.0 Å². The van der Waals surface area contributed by atoms with Gasteiger partial charge in [-0.2, -0.15) is 0 Å². The summed E-state index contributed by atoms with van der Waals surface area (Å²) in [7, 11) is 0.842. The molecule has 0 aromatic carbocycles. The number of aromatic nitrogens is 1. The van der Waals surface area contributed by atoms with Gasteiger partial charge >= 0.3 is 0 Å². The van der Waals surface area contributed by atoms with Gasteiger partial charge in [-0.15, -0.1) is 0 Å². The van der Waals surface area contributed by atoms with Crippen molar-refractivity contribution < 1.29 is 0 Å². The molecule has 0 saturated carbocycles. The van der Waals surface area contributed by atoms with Crippen molar-refractivity contribution in [1.82, 2.24) is 4.98 Å². The Morgan fingerprint density at radius 2 is 1.90 bits per heavy atom. The van der Waals surface area contributed by atoms with E-state index in [-0.39, 0.29) is 5.15 Å². The largest absolute Gasteiger partial charge is 0.218 e. The molecule has 10 heavy (non-hydrogen) atoms. The average molecular weight is 214 g/mol. The molecule has 0 atom stereocenters. The van der Waals surface area contributed by atoms with Crippen LogP contribution in [0.15, 0.2) is 0 Å². The number of halogens is 3. The van der Waals surface area contributed by atoms with Crippen LogP contribution in [0.3, 0.4) is 0 Å². The molecule has 1 aromatic rings. The third-order valence-corrected chi connectivity index (χ3v) is 3.10. The fourth-order valence-electron chi connectivity index (χ4n) is 0.492. The molecule has 1 heterocycles. The van der Waals surface area contributed by atoms with Gasteiger partial charge in [-0.3, -0.25) is 0 Å². The van der Waals surface area contributed by atoms with E-state index >= 15 is 0 Å². The molecule has 1 rings (SSSR count). The molecule has 1 nitrogen and oxygen atoms in total. The maximum atomic E-state index is 5.72. The molecule has 0 fully saturated rings. The van der Waals surface area contributed by atoms with Crippen LogP contribution in [0.25, 0.3) is 0 Å². The molecular weight excluding hydrogens is 211 g/mol. The highest BCUT2D eigenvalue weighted by molar-refractivity contribution is 7.34. The Morgan fingerprint density at radius 3 is 2.40 bits per heavy atom. The van der Waals surface area contributed by atoms with Gasteiger partial charge in [0.05, 0.1) is 5.02 Å².